The van der Waals surface area contributed by atoms with Crippen molar-refractivity contribution in [3.63, 3.8) is 0 Å². The van der Waals surface area contributed by atoms with Crippen molar-refractivity contribution in [2.75, 3.05) is 6.61 Å². The summed E-state index contributed by atoms with van der Waals surface area (Å²) in [6.07, 6.45) is 0.629. The molecule has 15 heavy (non-hydrogen) atoms. The SMILES string of the molecule is OCCc1csc(-c2cccc(Br)c2)n1. The van der Waals surface area contributed by atoms with E-state index in [1.807, 2.05) is 29.6 Å². The lowest BCUT2D eigenvalue weighted by Gasteiger charge is -1.96. The molecule has 78 valence electrons. The van der Waals surface area contributed by atoms with Crippen molar-refractivity contribution in [3.05, 3.63) is 39.8 Å². The van der Waals surface area contributed by atoms with E-state index < -0.39 is 0 Å². The summed E-state index contributed by atoms with van der Waals surface area (Å²) in [7, 11) is 0. The minimum atomic E-state index is 0.154. The molecule has 0 fully saturated rings. The maximum atomic E-state index is 8.80. The molecule has 2 nitrogen and oxygen atoms in total. The number of thiazole rings is 1. The Labute approximate surface area is 101 Å². The molecular weight excluding hydrogens is 274 g/mol. The highest BCUT2D eigenvalue weighted by Gasteiger charge is 2.04. The van der Waals surface area contributed by atoms with Gasteiger partial charge in [0, 0.05) is 28.4 Å². The second-order valence-corrected chi connectivity index (χ2v) is 4.90. The number of hydrogen-bond acceptors (Lipinski definition) is 3. The van der Waals surface area contributed by atoms with Crippen LogP contribution in [-0.2, 0) is 6.42 Å². The van der Waals surface area contributed by atoms with E-state index >= 15 is 0 Å². The standard InChI is InChI=1S/C11H10BrNOS/c12-9-3-1-2-8(6-9)11-13-10(4-5-14)7-15-11/h1-3,6-7,14H,4-5H2. The van der Waals surface area contributed by atoms with Gasteiger partial charge in [0.05, 0.1) is 5.69 Å². The van der Waals surface area contributed by atoms with E-state index in [1.54, 1.807) is 11.3 Å². The second-order valence-electron chi connectivity index (χ2n) is 3.13. The number of hydrogen-bond donors (Lipinski definition) is 1. The highest BCUT2D eigenvalue weighted by molar-refractivity contribution is 9.10. The number of nitrogens with zero attached hydrogens (tertiary/aromatic N) is 1. The summed E-state index contributed by atoms with van der Waals surface area (Å²) in [6.45, 7) is 0.154. The van der Waals surface area contributed by atoms with Crippen molar-refractivity contribution in [1.82, 2.24) is 4.98 Å². The molecule has 1 aromatic carbocycles. The quantitative estimate of drug-likeness (QED) is 0.939. The lowest BCUT2D eigenvalue weighted by molar-refractivity contribution is 0.298. The summed E-state index contributed by atoms with van der Waals surface area (Å²) in [5.41, 5.74) is 2.07. The van der Waals surface area contributed by atoms with Crippen molar-refractivity contribution in [1.29, 1.82) is 0 Å². The Morgan fingerprint density at radius 1 is 1.40 bits per heavy atom. The zero-order chi connectivity index (χ0) is 10.7. The van der Waals surface area contributed by atoms with Gasteiger partial charge in [0.15, 0.2) is 0 Å². The van der Waals surface area contributed by atoms with E-state index in [-0.39, 0.29) is 6.61 Å². The molecule has 4 heteroatoms. The van der Waals surface area contributed by atoms with Crippen LogP contribution in [0.1, 0.15) is 5.69 Å². The average molecular weight is 284 g/mol. The van der Waals surface area contributed by atoms with Crippen LogP contribution in [0, 0.1) is 0 Å². The molecule has 0 unspecified atom stereocenters. The second kappa shape index (κ2) is 4.88. The van der Waals surface area contributed by atoms with Crippen molar-refractivity contribution in [3.8, 4) is 10.6 Å². The van der Waals surface area contributed by atoms with Crippen LogP contribution in [0.4, 0.5) is 0 Å². The highest BCUT2D eigenvalue weighted by atomic mass is 79.9. The van der Waals surface area contributed by atoms with E-state index in [4.69, 9.17) is 5.11 Å². The lowest BCUT2D eigenvalue weighted by Crippen LogP contribution is -1.90. The Kier molecular flexibility index (Phi) is 3.51. The third-order valence-electron chi connectivity index (χ3n) is 1.99. The average Bonchev–Trinajstić information content (AvgIpc) is 2.67. The Morgan fingerprint density at radius 2 is 2.27 bits per heavy atom. The van der Waals surface area contributed by atoms with Crippen LogP contribution >= 0.6 is 27.3 Å². The van der Waals surface area contributed by atoms with Crippen LogP contribution in [0.15, 0.2) is 34.1 Å². The number of rotatable bonds is 3. The van der Waals surface area contributed by atoms with Gasteiger partial charge in [0.25, 0.3) is 0 Å². The van der Waals surface area contributed by atoms with Crippen molar-refractivity contribution >= 4 is 27.3 Å². The molecule has 0 atom stereocenters. The molecule has 1 N–H and O–H groups in total. The summed E-state index contributed by atoms with van der Waals surface area (Å²) < 4.78 is 1.05. The van der Waals surface area contributed by atoms with Crippen LogP contribution in [0.3, 0.4) is 0 Å². The van der Waals surface area contributed by atoms with E-state index in [9.17, 15) is 0 Å². The fourth-order valence-corrected chi connectivity index (χ4v) is 2.54. The molecule has 1 aromatic heterocycles. The normalized spacial score (nSPS) is 10.5. The van der Waals surface area contributed by atoms with E-state index in [2.05, 4.69) is 20.9 Å². The van der Waals surface area contributed by atoms with Gasteiger partial charge in [-0.1, -0.05) is 28.1 Å². The van der Waals surface area contributed by atoms with Crippen LogP contribution < -0.4 is 0 Å². The number of aliphatic hydroxyl groups excluding tert-OH is 1. The van der Waals surface area contributed by atoms with Crippen molar-refractivity contribution in [2.45, 2.75) is 6.42 Å². The molecule has 0 radical (unpaired) electrons. The van der Waals surface area contributed by atoms with Gasteiger partial charge in [-0.15, -0.1) is 11.3 Å². The van der Waals surface area contributed by atoms with Crippen LogP contribution in [0.5, 0.6) is 0 Å². The topological polar surface area (TPSA) is 33.1 Å². The first-order valence-electron chi connectivity index (χ1n) is 4.61. The van der Waals surface area contributed by atoms with Crippen LogP contribution in [0.2, 0.25) is 0 Å². The molecule has 2 rings (SSSR count). The number of aliphatic hydroxyl groups is 1. The fourth-order valence-electron chi connectivity index (χ4n) is 1.29. The third-order valence-corrected chi connectivity index (χ3v) is 3.42. The van der Waals surface area contributed by atoms with E-state index in [0.29, 0.717) is 6.42 Å². The first kappa shape index (κ1) is 10.8. The summed E-state index contributed by atoms with van der Waals surface area (Å²) in [6, 6.07) is 8.06. The van der Waals surface area contributed by atoms with Crippen LogP contribution in [-0.4, -0.2) is 16.7 Å². The van der Waals surface area contributed by atoms with E-state index in [1.165, 1.54) is 0 Å². The smallest absolute Gasteiger partial charge is 0.123 e. The van der Waals surface area contributed by atoms with Crippen LogP contribution in [0.25, 0.3) is 10.6 Å². The highest BCUT2D eigenvalue weighted by Crippen LogP contribution is 2.26. The van der Waals surface area contributed by atoms with Gasteiger partial charge in [0.1, 0.15) is 5.01 Å². The summed E-state index contributed by atoms with van der Waals surface area (Å²) in [4.78, 5) is 4.45. The largest absolute Gasteiger partial charge is 0.396 e. The Hall–Kier alpha value is -0.710. The Morgan fingerprint density at radius 3 is 3.00 bits per heavy atom. The molecule has 0 aliphatic carbocycles. The molecule has 0 bridgehead atoms. The molecule has 2 aromatic rings. The van der Waals surface area contributed by atoms with Gasteiger partial charge in [-0.25, -0.2) is 4.98 Å². The predicted octanol–water partition coefficient (Wildman–Crippen LogP) is 3.11. The molecule has 0 spiro atoms. The minimum Gasteiger partial charge on any atom is -0.396 e. The maximum Gasteiger partial charge on any atom is 0.123 e. The molecule has 1 heterocycles. The fraction of sp³-hybridized carbons (Fsp3) is 0.182. The molecule has 0 aliphatic rings. The molecule has 0 aliphatic heterocycles. The van der Waals surface area contributed by atoms with Gasteiger partial charge < -0.3 is 5.11 Å². The first-order chi connectivity index (χ1) is 7.29. The summed E-state index contributed by atoms with van der Waals surface area (Å²) in [5.74, 6) is 0. The van der Waals surface area contributed by atoms with Crippen molar-refractivity contribution < 1.29 is 5.11 Å². The summed E-state index contributed by atoms with van der Waals surface area (Å²) in [5, 5.41) is 11.8. The third kappa shape index (κ3) is 2.65. The zero-order valence-corrected chi connectivity index (χ0v) is 10.4. The molecule has 0 saturated carbocycles. The Balaban J connectivity index is 2.29. The lowest BCUT2D eigenvalue weighted by atomic mass is 10.2. The van der Waals surface area contributed by atoms with E-state index in [0.717, 1.165) is 20.7 Å². The molecule has 0 saturated heterocycles. The first-order valence-corrected chi connectivity index (χ1v) is 6.28. The summed E-state index contributed by atoms with van der Waals surface area (Å²) >= 11 is 5.04. The van der Waals surface area contributed by atoms with Gasteiger partial charge in [-0.2, -0.15) is 0 Å². The number of benzene rings is 1. The van der Waals surface area contributed by atoms with Gasteiger partial charge >= 0.3 is 0 Å². The monoisotopic (exact) mass is 283 g/mol. The molecule has 0 amide bonds. The number of aromatic nitrogens is 1. The van der Waals surface area contributed by atoms with Gasteiger partial charge in [0.2, 0.25) is 0 Å². The van der Waals surface area contributed by atoms with Crippen molar-refractivity contribution in [2.24, 2.45) is 0 Å². The maximum absolute atomic E-state index is 8.80. The van der Waals surface area contributed by atoms with Gasteiger partial charge in [-0.3, -0.25) is 0 Å². The Bertz CT molecular complexity index is 455. The predicted molar refractivity (Wildman–Crippen MR) is 66.0 cm³/mol. The van der Waals surface area contributed by atoms with Gasteiger partial charge in [-0.05, 0) is 12.1 Å². The zero-order valence-electron chi connectivity index (χ0n) is 7.98. The molecular formula is C11H10BrNOS. The number of halogens is 1. The minimum absolute atomic E-state index is 0.154.